The van der Waals surface area contributed by atoms with Crippen LogP contribution in [0.5, 0.6) is 0 Å². The quantitative estimate of drug-likeness (QED) is 0.624. The second-order valence-corrected chi connectivity index (χ2v) is 3.58. The molecule has 0 atom stereocenters. The van der Waals surface area contributed by atoms with Crippen LogP contribution in [0.1, 0.15) is 12.5 Å². The Morgan fingerprint density at radius 3 is 3.00 bits per heavy atom. The Kier molecular flexibility index (Phi) is 4.49. The first-order chi connectivity index (χ1) is 7.15. The standard InChI is InChI=1S/C11H10BrFO2/c1-2-15-10(14)7-6-8-4-3-5-9(12)11(8)13/h3-7H,2H2,1H3. The molecule has 0 aliphatic rings. The second kappa shape index (κ2) is 5.66. The van der Waals surface area contributed by atoms with Gasteiger partial charge in [0.1, 0.15) is 5.82 Å². The van der Waals surface area contributed by atoms with Crippen LogP contribution >= 0.6 is 15.9 Å². The van der Waals surface area contributed by atoms with Crippen molar-refractivity contribution < 1.29 is 13.9 Å². The Morgan fingerprint density at radius 2 is 2.33 bits per heavy atom. The van der Waals surface area contributed by atoms with Gasteiger partial charge < -0.3 is 4.74 Å². The average molecular weight is 273 g/mol. The molecule has 15 heavy (non-hydrogen) atoms. The van der Waals surface area contributed by atoms with Gasteiger partial charge in [-0.3, -0.25) is 0 Å². The summed E-state index contributed by atoms with van der Waals surface area (Å²) in [5.74, 6) is -0.866. The van der Waals surface area contributed by atoms with Gasteiger partial charge in [0.2, 0.25) is 0 Å². The molecule has 0 aromatic heterocycles. The second-order valence-electron chi connectivity index (χ2n) is 2.73. The molecule has 0 aliphatic heterocycles. The lowest BCUT2D eigenvalue weighted by Gasteiger charge is -1.99. The predicted octanol–water partition coefficient (Wildman–Crippen LogP) is 3.16. The van der Waals surface area contributed by atoms with E-state index < -0.39 is 11.8 Å². The molecule has 0 unspecified atom stereocenters. The summed E-state index contributed by atoms with van der Waals surface area (Å²) < 4.78 is 18.4. The maximum Gasteiger partial charge on any atom is 0.330 e. The largest absolute Gasteiger partial charge is 0.463 e. The van der Waals surface area contributed by atoms with E-state index in [2.05, 4.69) is 20.7 Å². The number of carbonyl (C=O) groups excluding carboxylic acids is 1. The summed E-state index contributed by atoms with van der Waals surface area (Å²) >= 11 is 3.06. The molecule has 1 aromatic rings. The highest BCUT2D eigenvalue weighted by Gasteiger charge is 2.03. The van der Waals surface area contributed by atoms with Gasteiger partial charge in [0.25, 0.3) is 0 Å². The molecule has 0 saturated carbocycles. The van der Waals surface area contributed by atoms with E-state index in [1.165, 1.54) is 12.2 Å². The highest BCUT2D eigenvalue weighted by atomic mass is 79.9. The number of hydrogen-bond acceptors (Lipinski definition) is 2. The van der Waals surface area contributed by atoms with Crippen LogP contribution < -0.4 is 0 Å². The van der Waals surface area contributed by atoms with E-state index in [4.69, 9.17) is 0 Å². The first kappa shape index (κ1) is 11.9. The summed E-state index contributed by atoms with van der Waals surface area (Å²) in [6.07, 6.45) is 2.59. The van der Waals surface area contributed by atoms with Crippen LogP contribution in [0.2, 0.25) is 0 Å². The third-order valence-corrected chi connectivity index (χ3v) is 2.28. The fourth-order valence-electron chi connectivity index (χ4n) is 0.997. The van der Waals surface area contributed by atoms with E-state index in [1.807, 2.05) is 0 Å². The topological polar surface area (TPSA) is 26.3 Å². The lowest BCUT2D eigenvalue weighted by Crippen LogP contribution is -1.98. The van der Waals surface area contributed by atoms with Gasteiger partial charge in [-0.2, -0.15) is 0 Å². The van der Waals surface area contributed by atoms with Gasteiger partial charge in [0.05, 0.1) is 11.1 Å². The van der Waals surface area contributed by atoms with Crippen molar-refractivity contribution in [1.29, 1.82) is 0 Å². The molecule has 0 amide bonds. The molecule has 1 aromatic carbocycles. The Hall–Kier alpha value is -1.16. The van der Waals surface area contributed by atoms with Crippen LogP contribution in [0.15, 0.2) is 28.7 Å². The lowest BCUT2D eigenvalue weighted by atomic mass is 10.2. The molecule has 0 aliphatic carbocycles. The maximum absolute atomic E-state index is 13.4. The first-order valence-electron chi connectivity index (χ1n) is 4.44. The lowest BCUT2D eigenvalue weighted by molar-refractivity contribution is -0.137. The average Bonchev–Trinajstić information content (AvgIpc) is 2.21. The Labute approximate surface area is 95.9 Å². The number of carbonyl (C=O) groups is 1. The Morgan fingerprint density at radius 1 is 1.60 bits per heavy atom. The number of halogens is 2. The van der Waals surface area contributed by atoms with Crippen molar-refractivity contribution in [3.05, 3.63) is 40.1 Å². The molecule has 0 saturated heterocycles. The Balaban J connectivity index is 2.81. The van der Waals surface area contributed by atoms with Crippen molar-refractivity contribution in [3.63, 3.8) is 0 Å². The highest BCUT2D eigenvalue weighted by molar-refractivity contribution is 9.10. The smallest absolute Gasteiger partial charge is 0.330 e. The van der Waals surface area contributed by atoms with Gasteiger partial charge in [0, 0.05) is 11.6 Å². The summed E-state index contributed by atoms with van der Waals surface area (Å²) in [6, 6.07) is 4.87. The van der Waals surface area contributed by atoms with Crippen LogP contribution in [0, 0.1) is 5.82 Å². The third-order valence-electron chi connectivity index (χ3n) is 1.67. The molecule has 0 radical (unpaired) electrons. The number of esters is 1. The highest BCUT2D eigenvalue weighted by Crippen LogP contribution is 2.19. The SMILES string of the molecule is CCOC(=O)C=Cc1cccc(Br)c1F. The molecule has 0 heterocycles. The molecular formula is C11H10BrFO2. The third kappa shape index (κ3) is 3.47. The van der Waals surface area contributed by atoms with E-state index in [0.29, 0.717) is 16.6 Å². The molecule has 0 N–H and O–H groups in total. The summed E-state index contributed by atoms with van der Waals surface area (Å²) in [5.41, 5.74) is 0.345. The van der Waals surface area contributed by atoms with E-state index >= 15 is 0 Å². The molecule has 4 heteroatoms. The maximum atomic E-state index is 13.4. The molecule has 2 nitrogen and oxygen atoms in total. The van der Waals surface area contributed by atoms with Crippen molar-refractivity contribution in [2.24, 2.45) is 0 Å². The fourth-order valence-corrected chi connectivity index (χ4v) is 1.38. The molecule has 0 spiro atoms. The minimum absolute atomic E-state index is 0.310. The number of hydrogen-bond donors (Lipinski definition) is 0. The molecular weight excluding hydrogens is 263 g/mol. The summed E-state index contributed by atoms with van der Waals surface area (Å²) in [6.45, 7) is 2.02. The number of benzene rings is 1. The number of rotatable bonds is 3. The van der Waals surface area contributed by atoms with Gasteiger partial charge in [-0.1, -0.05) is 12.1 Å². The molecule has 1 rings (SSSR count). The zero-order chi connectivity index (χ0) is 11.3. The zero-order valence-electron chi connectivity index (χ0n) is 8.17. The van der Waals surface area contributed by atoms with Crippen LogP contribution in [0.4, 0.5) is 4.39 Å². The molecule has 0 fully saturated rings. The van der Waals surface area contributed by atoms with Crippen LogP contribution in [-0.4, -0.2) is 12.6 Å². The van der Waals surface area contributed by atoms with E-state index in [-0.39, 0.29) is 0 Å². The summed E-state index contributed by atoms with van der Waals surface area (Å²) in [4.78, 5) is 11.0. The van der Waals surface area contributed by atoms with Gasteiger partial charge in [0.15, 0.2) is 0 Å². The van der Waals surface area contributed by atoms with Gasteiger partial charge >= 0.3 is 5.97 Å². The van der Waals surface area contributed by atoms with Crippen molar-refractivity contribution in [2.75, 3.05) is 6.61 Å². The fraction of sp³-hybridized carbons (Fsp3) is 0.182. The van der Waals surface area contributed by atoms with E-state index in [1.54, 1.807) is 25.1 Å². The van der Waals surface area contributed by atoms with E-state index in [0.717, 1.165) is 0 Å². The summed E-state index contributed by atoms with van der Waals surface area (Å²) in [7, 11) is 0. The minimum atomic E-state index is -0.475. The van der Waals surface area contributed by atoms with Crippen molar-refractivity contribution in [3.8, 4) is 0 Å². The summed E-state index contributed by atoms with van der Waals surface area (Å²) in [5, 5.41) is 0. The normalized spacial score (nSPS) is 10.6. The van der Waals surface area contributed by atoms with Crippen LogP contribution in [0.25, 0.3) is 6.08 Å². The van der Waals surface area contributed by atoms with Crippen molar-refractivity contribution in [1.82, 2.24) is 0 Å². The minimum Gasteiger partial charge on any atom is -0.463 e. The van der Waals surface area contributed by atoms with Gasteiger partial charge in [-0.05, 0) is 35.0 Å². The predicted molar refractivity (Wildman–Crippen MR) is 59.8 cm³/mol. The first-order valence-corrected chi connectivity index (χ1v) is 5.23. The van der Waals surface area contributed by atoms with Crippen LogP contribution in [-0.2, 0) is 9.53 Å². The van der Waals surface area contributed by atoms with Crippen LogP contribution in [0.3, 0.4) is 0 Å². The molecule has 80 valence electrons. The number of ether oxygens (including phenoxy) is 1. The zero-order valence-corrected chi connectivity index (χ0v) is 9.75. The Bertz CT molecular complexity index is 388. The van der Waals surface area contributed by atoms with Gasteiger partial charge in [-0.25, -0.2) is 9.18 Å². The van der Waals surface area contributed by atoms with Gasteiger partial charge in [-0.15, -0.1) is 0 Å². The van der Waals surface area contributed by atoms with E-state index in [9.17, 15) is 9.18 Å². The monoisotopic (exact) mass is 272 g/mol. The van der Waals surface area contributed by atoms with Crippen molar-refractivity contribution in [2.45, 2.75) is 6.92 Å². The van der Waals surface area contributed by atoms with Crippen molar-refractivity contribution >= 4 is 28.0 Å². The molecule has 0 bridgehead atoms.